The number of ether oxygens (including phenoxy) is 1. The summed E-state index contributed by atoms with van der Waals surface area (Å²) in [6, 6.07) is 17.3. The van der Waals surface area contributed by atoms with Gasteiger partial charge in [0.15, 0.2) is 6.10 Å². The standard InChI is InChI=1S/C23H18N2O6/c1-14(23(27)24-18-8-4-5-9-19(18)25(28)29)31-21(26)12-16-13-30-20-11-10-15-6-2-3-7-17(15)22(16)20/h2-11,13-14H,12H2,1H3,(H,24,27). The van der Waals surface area contributed by atoms with E-state index in [-0.39, 0.29) is 17.8 Å². The van der Waals surface area contributed by atoms with Gasteiger partial charge in [-0.25, -0.2) is 0 Å². The highest BCUT2D eigenvalue weighted by Crippen LogP contribution is 2.30. The fourth-order valence-corrected chi connectivity index (χ4v) is 3.43. The van der Waals surface area contributed by atoms with Crippen LogP contribution in [0.15, 0.2) is 71.3 Å². The van der Waals surface area contributed by atoms with Gasteiger partial charge in [0.1, 0.15) is 11.3 Å². The first kappa shape index (κ1) is 20.1. The highest BCUT2D eigenvalue weighted by molar-refractivity contribution is 6.08. The molecule has 0 aliphatic heterocycles. The van der Waals surface area contributed by atoms with Gasteiger partial charge in [-0.05, 0) is 29.8 Å². The summed E-state index contributed by atoms with van der Waals surface area (Å²) in [7, 11) is 0. The molecule has 1 aromatic heterocycles. The normalized spacial score (nSPS) is 11.9. The van der Waals surface area contributed by atoms with Crippen LogP contribution in [0.25, 0.3) is 21.7 Å². The molecule has 8 heteroatoms. The van der Waals surface area contributed by atoms with Gasteiger partial charge in [0.2, 0.25) is 0 Å². The molecule has 1 atom stereocenters. The summed E-state index contributed by atoms with van der Waals surface area (Å²) in [4.78, 5) is 35.4. The van der Waals surface area contributed by atoms with E-state index in [0.717, 1.165) is 16.2 Å². The van der Waals surface area contributed by atoms with E-state index in [1.807, 2.05) is 36.4 Å². The van der Waals surface area contributed by atoms with Crippen LogP contribution in [0.4, 0.5) is 11.4 Å². The van der Waals surface area contributed by atoms with Crippen LogP contribution >= 0.6 is 0 Å². The molecule has 1 amide bonds. The summed E-state index contributed by atoms with van der Waals surface area (Å²) in [5.74, 6) is -1.27. The molecular formula is C23H18N2O6. The van der Waals surface area contributed by atoms with Crippen molar-refractivity contribution in [1.29, 1.82) is 0 Å². The van der Waals surface area contributed by atoms with Crippen molar-refractivity contribution in [3.05, 3.63) is 82.6 Å². The quantitative estimate of drug-likeness (QED) is 0.278. The number of amides is 1. The van der Waals surface area contributed by atoms with Crippen LogP contribution in [0.5, 0.6) is 0 Å². The van der Waals surface area contributed by atoms with E-state index in [4.69, 9.17) is 9.15 Å². The molecule has 3 aromatic carbocycles. The first-order chi connectivity index (χ1) is 14.9. The van der Waals surface area contributed by atoms with Crippen LogP contribution in [-0.2, 0) is 20.7 Å². The Morgan fingerprint density at radius 3 is 2.65 bits per heavy atom. The molecule has 0 radical (unpaired) electrons. The van der Waals surface area contributed by atoms with Crippen molar-refractivity contribution < 1.29 is 23.7 Å². The minimum absolute atomic E-state index is 0.0349. The molecule has 0 bridgehead atoms. The van der Waals surface area contributed by atoms with Gasteiger partial charge in [-0.15, -0.1) is 0 Å². The van der Waals surface area contributed by atoms with Gasteiger partial charge in [-0.3, -0.25) is 19.7 Å². The second kappa shape index (κ2) is 8.27. The zero-order chi connectivity index (χ0) is 22.0. The van der Waals surface area contributed by atoms with Crippen molar-refractivity contribution in [2.75, 3.05) is 5.32 Å². The minimum atomic E-state index is -1.14. The van der Waals surface area contributed by atoms with Crippen molar-refractivity contribution in [3.8, 4) is 0 Å². The molecule has 0 spiro atoms. The first-order valence-corrected chi connectivity index (χ1v) is 9.55. The molecule has 31 heavy (non-hydrogen) atoms. The molecule has 4 rings (SSSR count). The molecular weight excluding hydrogens is 400 g/mol. The average Bonchev–Trinajstić information content (AvgIpc) is 3.17. The van der Waals surface area contributed by atoms with Crippen LogP contribution in [0.2, 0.25) is 0 Å². The number of nitrogens with zero attached hydrogens (tertiary/aromatic N) is 1. The first-order valence-electron chi connectivity index (χ1n) is 9.55. The summed E-state index contributed by atoms with van der Waals surface area (Å²) >= 11 is 0. The Morgan fingerprint density at radius 1 is 1.10 bits per heavy atom. The number of nitrogens with one attached hydrogen (secondary N) is 1. The smallest absolute Gasteiger partial charge is 0.311 e. The van der Waals surface area contributed by atoms with E-state index in [9.17, 15) is 19.7 Å². The average molecular weight is 418 g/mol. The van der Waals surface area contributed by atoms with Gasteiger partial charge in [-0.2, -0.15) is 0 Å². The number of furan rings is 1. The maximum atomic E-state index is 12.5. The molecule has 1 heterocycles. The fourth-order valence-electron chi connectivity index (χ4n) is 3.43. The summed E-state index contributed by atoms with van der Waals surface area (Å²) in [6.07, 6.45) is 0.294. The van der Waals surface area contributed by atoms with E-state index < -0.39 is 22.9 Å². The summed E-state index contributed by atoms with van der Waals surface area (Å²) in [5.41, 5.74) is 1.10. The summed E-state index contributed by atoms with van der Waals surface area (Å²) in [5, 5.41) is 16.3. The van der Waals surface area contributed by atoms with Crippen molar-refractivity contribution in [2.24, 2.45) is 0 Å². The third-order valence-electron chi connectivity index (χ3n) is 4.91. The second-order valence-corrected chi connectivity index (χ2v) is 6.99. The van der Waals surface area contributed by atoms with Gasteiger partial charge in [0.25, 0.3) is 11.6 Å². The molecule has 0 aliphatic carbocycles. The molecule has 1 unspecified atom stereocenters. The number of fused-ring (bicyclic) bond motifs is 3. The van der Waals surface area contributed by atoms with E-state index in [2.05, 4.69) is 5.32 Å². The van der Waals surface area contributed by atoms with Crippen LogP contribution in [0.3, 0.4) is 0 Å². The number of carbonyl (C=O) groups is 2. The zero-order valence-electron chi connectivity index (χ0n) is 16.5. The number of benzene rings is 3. The number of carbonyl (C=O) groups excluding carboxylic acids is 2. The Balaban J connectivity index is 1.47. The maximum Gasteiger partial charge on any atom is 0.311 e. The number of anilines is 1. The predicted octanol–water partition coefficient (Wildman–Crippen LogP) is 4.61. The van der Waals surface area contributed by atoms with Crippen LogP contribution < -0.4 is 5.32 Å². The third kappa shape index (κ3) is 4.09. The van der Waals surface area contributed by atoms with Gasteiger partial charge >= 0.3 is 5.97 Å². The highest BCUT2D eigenvalue weighted by Gasteiger charge is 2.22. The lowest BCUT2D eigenvalue weighted by molar-refractivity contribution is -0.383. The molecule has 0 saturated carbocycles. The number of rotatable bonds is 6. The van der Waals surface area contributed by atoms with Gasteiger partial charge < -0.3 is 14.5 Å². The third-order valence-corrected chi connectivity index (χ3v) is 4.91. The SMILES string of the molecule is CC(OC(=O)Cc1coc2ccc3ccccc3c12)C(=O)Nc1ccccc1[N+](=O)[O-]. The second-order valence-electron chi connectivity index (χ2n) is 6.99. The van der Waals surface area contributed by atoms with Crippen LogP contribution in [-0.4, -0.2) is 22.9 Å². The van der Waals surface area contributed by atoms with E-state index >= 15 is 0 Å². The van der Waals surface area contributed by atoms with Crippen molar-refractivity contribution in [3.63, 3.8) is 0 Å². The van der Waals surface area contributed by atoms with Gasteiger partial charge in [0.05, 0.1) is 17.6 Å². The zero-order valence-corrected chi connectivity index (χ0v) is 16.5. The van der Waals surface area contributed by atoms with E-state index in [1.165, 1.54) is 31.4 Å². The fraction of sp³-hybridized carbons (Fsp3) is 0.130. The van der Waals surface area contributed by atoms with Crippen molar-refractivity contribution in [2.45, 2.75) is 19.4 Å². The molecule has 0 saturated heterocycles. The maximum absolute atomic E-state index is 12.5. The molecule has 1 N–H and O–H groups in total. The van der Waals surface area contributed by atoms with Crippen molar-refractivity contribution in [1.82, 2.24) is 0 Å². The number of hydrogen-bond donors (Lipinski definition) is 1. The summed E-state index contributed by atoms with van der Waals surface area (Å²) < 4.78 is 10.8. The Hall–Kier alpha value is -4.20. The lowest BCUT2D eigenvalue weighted by Crippen LogP contribution is -2.30. The van der Waals surface area contributed by atoms with E-state index in [1.54, 1.807) is 6.07 Å². The predicted molar refractivity (Wildman–Crippen MR) is 115 cm³/mol. The number of nitro groups is 1. The Kier molecular flexibility index (Phi) is 5.36. The Labute approximate surface area is 176 Å². The lowest BCUT2D eigenvalue weighted by atomic mass is 10.0. The minimum Gasteiger partial charge on any atom is -0.464 e. The molecule has 4 aromatic rings. The number of esters is 1. The van der Waals surface area contributed by atoms with Crippen LogP contribution in [0.1, 0.15) is 12.5 Å². The van der Waals surface area contributed by atoms with Crippen LogP contribution in [0, 0.1) is 10.1 Å². The molecule has 8 nitrogen and oxygen atoms in total. The van der Waals surface area contributed by atoms with E-state index in [0.29, 0.717) is 11.1 Å². The molecule has 0 aliphatic rings. The summed E-state index contributed by atoms with van der Waals surface area (Å²) in [6.45, 7) is 1.41. The number of para-hydroxylation sites is 2. The monoisotopic (exact) mass is 418 g/mol. The Morgan fingerprint density at radius 2 is 1.84 bits per heavy atom. The Bertz CT molecular complexity index is 1310. The lowest BCUT2D eigenvalue weighted by Gasteiger charge is -2.13. The highest BCUT2D eigenvalue weighted by atomic mass is 16.6. The molecule has 156 valence electrons. The van der Waals surface area contributed by atoms with Gasteiger partial charge in [-0.1, -0.05) is 42.5 Å². The van der Waals surface area contributed by atoms with Crippen molar-refractivity contribution >= 4 is 45.0 Å². The topological polar surface area (TPSA) is 112 Å². The van der Waals surface area contributed by atoms with Gasteiger partial charge in [0, 0.05) is 17.0 Å². The number of hydrogen-bond acceptors (Lipinski definition) is 6. The molecule has 0 fully saturated rings. The largest absolute Gasteiger partial charge is 0.464 e. The number of nitro benzene ring substituents is 1.